The summed E-state index contributed by atoms with van der Waals surface area (Å²) in [6.45, 7) is 2.09. The second kappa shape index (κ2) is 8.42. The van der Waals surface area contributed by atoms with Crippen LogP contribution in [0.25, 0.3) is 0 Å². The number of aliphatic carboxylic acids is 1. The third kappa shape index (κ3) is 4.05. The lowest BCUT2D eigenvalue weighted by Crippen LogP contribution is -2.16. The maximum Gasteiger partial charge on any atom is 0.311 e. The predicted molar refractivity (Wildman–Crippen MR) is 96.0 cm³/mol. The highest BCUT2D eigenvalue weighted by atomic mass is 16.5. The van der Waals surface area contributed by atoms with Crippen LogP contribution in [0.2, 0.25) is 0 Å². The molecule has 0 aliphatic heterocycles. The Bertz CT molecular complexity index is 722. The van der Waals surface area contributed by atoms with Crippen molar-refractivity contribution in [1.29, 1.82) is 0 Å². The van der Waals surface area contributed by atoms with Gasteiger partial charge in [-0.2, -0.15) is 0 Å². The lowest BCUT2D eigenvalue weighted by Gasteiger charge is -2.20. The minimum absolute atomic E-state index is 0.366. The molecule has 5 nitrogen and oxygen atoms in total. The fourth-order valence-corrected chi connectivity index (χ4v) is 2.88. The second-order valence-electron chi connectivity index (χ2n) is 5.69. The van der Waals surface area contributed by atoms with Gasteiger partial charge >= 0.3 is 5.97 Å². The Balaban J connectivity index is 2.44. The molecule has 0 aromatic heterocycles. The molecule has 1 unspecified atom stereocenters. The van der Waals surface area contributed by atoms with E-state index in [-0.39, 0.29) is 0 Å². The highest BCUT2D eigenvalue weighted by Crippen LogP contribution is 2.43. The normalized spacial score (nSPS) is 11.7. The van der Waals surface area contributed by atoms with E-state index < -0.39 is 11.9 Å². The van der Waals surface area contributed by atoms with Crippen molar-refractivity contribution in [2.45, 2.75) is 25.7 Å². The van der Waals surface area contributed by atoms with Gasteiger partial charge in [-0.3, -0.25) is 4.79 Å². The van der Waals surface area contributed by atoms with Crippen LogP contribution >= 0.6 is 0 Å². The summed E-state index contributed by atoms with van der Waals surface area (Å²) in [6, 6.07) is 11.4. The highest BCUT2D eigenvalue weighted by molar-refractivity contribution is 5.79. The highest BCUT2D eigenvalue weighted by Gasteiger charge is 2.27. The number of rotatable bonds is 8. The van der Waals surface area contributed by atoms with E-state index in [9.17, 15) is 9.90 Å². The largest absolute Gasteiger partial charge is 0.493 e. The Morgan fingerprint density at radius 3 is 2.00 bits per heavy atom. The van der Waals surface area contributed by atoms with E-state index in [4.69, 9.17) is 14.2 Å². The third-order valence-corrected chi connectivity index (χ3v) is 4.28. The van der Waals surface area contributed by atoms with E-state index in [0.717, 1.165) is 12.0 Å². The maximum absolute atomic E-state index is 11.9. The fourth-order valence-electron chi connectivity index (χ4n) is 2.88. The topological polar surface area (TPSA) is 65.0 Å². The summed E-state index contributed by atoms with van der Waals surface area (Å²) in [5.41, 5.74) is 2.74. The summed E-state index contributed by atoms with van der Waals surface area (Å²) in [7, 11) is 4.53. The van der Waals surface area contributed by atoms with Crippen LogP contribution in [0.1, 0.15) is 29.5 Å². The summed E-state index contributed by atoms with van der Waals surface area (Å²) < 4.78 is 16.1. The molecule has 2 rings (SSSR count). The predicted octanol–water partition coefficient (Wildman–Crippen LogP) is 3.69. The quantitative estimate of drug-likeness (QED) is 0.791. The van der Waals surface area contributed by atoms with Crippen LogP contribution in [-0.4, -0.2) is 32.4 Å². The van der Waals surface area contributed by atoms with E-state index in [1.165, 1.54) is 26.9 Å². The lowest BCUT2D eigenvalue weighted by atomic mass is 9.90. The average molecular weight is 344 g/mol. The molecule has 0 aliphatic rings. The van der Waals surface area contributed by atoms with Crippen LogP contribution in [0.15, 0.2) is 36.4 Å². The third-order valence-electron chi connectivity index (χ3n) is 4.28. The van der Waals surface area contributed by atoms with Gasteiger partial charge in [-0.15, -0.1) is 0 Å². The molecule has 2 aromatic rings. The lowest BCUT2D eigenvalue weighted by molar-refractivity contribution is -0.138. The molecule has 0 heterocycles. The standard InChI is InChI=1S/C20H24O5/c1-5-13-6-8-14(9-7-13)12-16(20(21)22)15-10-11-17(23-2)19(25-4)18(15)24-3/h6-11,16H,5,12H2,1-4H3,(H,21,22). The summed E-state index contributed by atoms with van der Waals surface area (Å²) >= 11 is 0. The molecule has 5 heteroatoms. The number of carboxylic acid groups (broad SMARTS) is 1. The first-order valence-electron chi connectivity index (χ1n) is 8.15. The molecule has 0 bridgehead atoms. The molecule has 0 radical (unpaired) electrons. The number of carboxylic acids is 1. The first-order chi connectivity index (χ1) is 12.0. The molecule has 134 valence electrons. The van der Waals surface area contributed by atoms with E-state index in [0.29, 0.717) is 29.2 Å². The van der Waals surface area contributed by atoms with Crippen LogP contribution in [-0.2, 0) is 17.6 Å². The zero-order chi connectivity index (χ0) is 18.4. The Kier molecular flexibility index (Phi) is 6.28. The van der Waals surface area contributed by atoms with Gasteiger partial charge < -0.3 is 19.3 Å². The molecule has 0 amide bonds. The SMILES string of the molecule is CCc1ccc(CC(C(=O)O)c2ccc(OC)c(OC)c2OC)cc1. The molecular formula is C20H24O5. The van der Waals surface area contributed by atoms with Crippen molar-refractivity contribution in [2.75, 3.05) is 21.3 Å². The van der Waals surface area contributed by atoms with E-state index in [2.05, 4.69) is 6.92 Å². The van der Waals surface area contributed by atoms with E-state index >= 15 is 0 Å². The number of aryl methyl sites for hydroxylation is 1. The number of carbonyl (C=O) groups is 1. The van der Waals surface area contributed by atoms with Crippen molar-refractivity contribution in [1.82, 2.24) is 0 Å². The van der Waals surface area contributed by atoms with Gasteiger partial charge in [-0.1, -0.05) is 37.3 Å². The minimum Gasteiger partial charge on any atom is -0.493 e. The molecule has 25 heavy (non-hydrogen) atoms. The Hall–Kier alpha value is -2.69. The van der Waals surface area contributed by atoms with Crippen molar-refractivity contribution in [2.24, 2.45) is 0 Å². The first-order valence-corrected chi connectivity index (χ1v) is 8.15. The van der Waals surface area contributed by atoms with Gasteiger partial charge in [0.1, 0.15) is 0 Å². The fraction of sp³-hybridized carbons (Fsp3) is 0.350. The van der Waals surface area contributed by atoms with Crippen LogP contribution in [0.5, 0.6) is 17.2 Å². The van der Waals surface area contributed by atoms with Gasteiger partial charge in [0.2, 0.25) is 5.75 Å². The average Bonchev–Trinajstić information content (AvgIpc) is 2.65. The number of hydrogen-bond donors (Lipinski definition) is 1. The van der Waals surface area contributed by atoms with Crippen molar-refractivity contribution in [3.05, 3.63) is 53.1 Å². The van der Waals surface area contributed by atoms with Crippen LogP contribution < -0.4 is 14.2 Å². The monoisotopic (exact) mass is 344 g/mol. The van der Waals surface area contributed by atoms with Crippen molar-refractivity contribution in [3.63, 3.8) is 0 Å². The van der Waals surface area contributed by atoms with Gasteiger partial charge in [0.05, 0.1) is 27.2 Å². The first kappa shape index (κ1) is 18.6. The number of methoxy groups -OCH3 is 3. The van der Waals surface area contributed by atoms with Gasteiger partial charge in [0.15, 0.2) is 11.5 Å². The van der Waals surface area contributed by atoms with Crippen LogP contribution in [0.3, 0.4) is 0 Å². The molecule has 0 spiro atoms. The van der Waals surface area contributed by atoms with E-state index in [1.807, 2.05) is 24.3 Å². The minimum atomic E-state index is -0.912. The Morgan fingerprint density at radius 2 is 1.52 bits per heavy atom. The summed E-state index contributed by atoms with van der Waals surface area (Å²) in [5.74, 6) is -0.374. The summed E-state index contributed by atoms with van der Waals surface area (Å²) in [5, 5.41) is 9.77. The van der Waals surface area contributed by atoms with Gasteiger partial charge in [0.25, 0.3) is 0 Å². The second-order valence-corrected chi connectivity index (χ2v) is 5.69. The summed E-state index contributed by atoms with van der Waals surface area (Å²) in [4.78, 5) is 11.9. The number of hydrogen-bond acceptors (Lipinski definition) is 4. The van der Waals surface area contributed by atoms with Gasteiger partial charge in [-0.05, 0) is 30.0 Å². The number of benzene rings is 2. The molecule has 1 N–H and O–H groups in total. The summed E-state index contributed by atoms with van der Waals surface area (Å²) in [6.07, 6.45) is 1.32. The number of ether oxygens (including phenoxy) is 3. The molecule has 1 atom stereocenters. The zero-order valence-corrected chi connectivity index (χ0v) is 15.0. The van der Waals surface area contributed by atoms with Gasteiger partial charge in [-0.25, -0.2) is 0 Å². The molecular weight excluding hydrogens is 320 g/mol. The van der Waals surface area contributed by atoms with Gasteiger partial charge in [0, 0.05) is 5.56 Å². The zero-order valence-electron chi connectivity index (χ0n) is 15.0. The Labute approximate surface area is 148 Å². The van der Waals surface area contributed by atoms with Crippen molar-refractivity contribution >= 4 is 5.97 Å². The smallest absolute Gasteiger partial charge is 0.311 e. The van der Waals surface area contributed by atoms with Crippen LogP contribution in [0, 0.1) is 0 Å². The molecule has 0 fully saturated rings. The molecule has 0 aliphatic carbocycles. The molecule has 0 saturated heterocycles. The maximum atomic E-state index is 11.9. The Morgan fingerprint density at radius 1 is 0.920 bits per heavy atom. The van der Waals surface area contributed by atoms with Crippen molar-refractivity contribution < 1.29 is 24.1 Å². The molecule has 2 aromatic carbocycles. The van der Waals surface area contributed by atoms with E-state index in [1.54, 1.807) is 12.1 Å². The molecule has 0 saturated carbocycles. The van der Waals surface area contributed by atoms with Crippen molar-refractivity contribution in [3.8, 4) is 17.2 Å². The van der Waals surface area contributed by atoms with Crippen LogP contribution in [0.4, 0.5) is 0 Å².